The molecule has 0 unspecified atom stereocenters. The van der Waals surface area contributed by atoms with E-state index < -0.39 is 6.03 Å². The lowest BCUT2D eigenvalue weighted by atomic mass is 10.4. The molecule has 6 nitrogen and oxygen atoms in total. The van der Waals surface area contributed by atoms with Crippen molar-refractivity contribution in [1.29, 1.82) is 0 Å². The highest BCUT2D eigenvalue weighted by Crippen LogP contribution is 2.05. The number of hydrogen-bond acceptors (Lipinski definition) is 3. The number of amides is 5. The molecule has 0 aliphatic heterocycles. The summed E-state index contributed by atoms with van der Waals surface area (Å²) < 4.78 is 0. The van der Waals surface area contributed by atoms with E-state index in [4.69, 9.17) is 0 Å². The Balaban J connectivity index is 4.92. The average Bonchev–Trinajstić information content (AvgIpc) is 2.41. The number of urea groups is 2. The Morgan fingerprint density at radius 2 is 1.42 bits per heavy atom. The number of imide groups is 2. The zero-order valence-corrected chi connectivity index (χ0v) is 12.4. The van der Waals surface area contributed by atoms with Crippen LogP contribution in [0, 0.1) is 0 Å². The fourth-order valence-corrected chi connectivity index (χ4v) is 1.72. The first-order valence-corrected chi connectivity index (χ1v) is 6.81. The van der Waals surface area contributed by atoms with E-state index in [0.29, 0.717) is 38.9 Å². The summed E-state index contributed by atoms with van der Waals surface area (Å²) in [5, 5.41) is 0. The molecule has 5 amide bonds. The molecule has 0 saturated carbocycles. The van der Waals surface area contributed by atoms with Gasteiger partial charge < -0.3 is 4.90 Å². The molecular weight excluding hydrogens is 246 g/mol. The molecule has 0 aromatic heterocycles. The van der Waals surface area contributed by atoms with Gasteiger partial charge >= 0.3 is 12.1 Å². The van der Waals surface area contributed by atoms with Crippen molar-refractivity contribution < 1.29 is 14.4 Å². The molecule has 0 aromatic rings. The van der Waals surface area contributed by atoms with Crippen LogP contribution in [0.3, 0.4) is 0 Å². The van der Waals surface area contributed by atoms with Gasteiger partial charge in [0, 0.05) is 26.7 Å². The number of hydrogen-bond donors (Lipinski definition) is 0. The molecular formula is C13H25N3O3. The Labute approximate surface area is 115 Å². The van der Waals surface area contributed by atoms with Gasteiger partial charge in [-0.2, -0.15) is 0 Å². The maximum absolute atomic E-state index is 12.2. The second-order valence-corrected chi connectivity index (χ2v) is 4.44. The van der Waals surface area contributed by atoms with E-state index in [2.05, 4.69) is 0 Å². The van der Waals surface area contributed by atoms with Crippen LogP contribution in [0.25, 0.3) is 0 Å². The van der Waals surface area contributed by atoms with Crippen LogP contribution in [0.2, 0.25) is 0 Å². The first-order valence-electron chi connectivity index (χ1n) is 6.81. The smallest absolute Gasteiger partial charge is 0.327 e. The molecule has 6 heteroatoms. The number of nitrogens with zero attached hydrogens (tertiary/aromatic N) is 3. The Kier molecular flexibility index (Phi) is 8.57. The lowest BCUT2D eigenvalue weighted by molar-refractivity contribution is -0.116. The highest BCUT2D eigenvalue weighted by Gasteiger charge is 2.27. The van der Waals surface area contributed by atoms with E-state index in [1.807, 2.05) is 20.8 Å². The van der Waals surface area contributed by atoms with Crippen LogP contribution < -0.4 is 0 Å². The van der Waals surface area contributed by atoms with E-state index in [1.165, 1.54) is 4.90 Å². The zero-order valence-electron chi connectivity index (χ0n) is 12.4. The van der Waals surface area contributed by atoms with Crippen LogP contribution in [-0.2, 0) is 4.79 Å². The van der Waals surface area contributed by atoms with Crippen molar-refractivity contribution in [1.82, 2.24) is 14.7 Å². The summed E-state index contributed by atoms with van der Waals surface area (Å²) >= 11 is 0. The Bertz CT molecular complexity index is 308. The molecule has 0 aromatic carbocycles. The van der Waals surface area contributed by atoms with Crippen molar-refractivity contribution in [3.63, 3.8) is 0 Å². The summed E-state index contributed by atoms with van der Waals surface area (Å²) in [6.07, 6.45) is 2.64. The molecule has 0 saturated heterocycles. The van der Waals surface area contributed by atoms with Gasteiger partial charge in [-0.1, -0.05) is 20.8 Å². The predicted molar refractivity (Wildman–Crippen MR) is 73.8 cm³/mol. The van der Waals surface area contributed by atoms with Gasteiger partial charge in [0.15, 0.2) is 0 Å². The van der Waals surface area contributed by atoms with Gasteiger partial charge in [0.25, 0.3) is 0 Å². The third-order valence-electron chi connectivity index (χ3n) is 2.63. The van der Waals surface area contributed by atoms with Crippen molar-refractivity contribution in [3.05, 3.63) is 0 Å². The van der Waals surface area contributed by atoms with Gasteiger partial charge in [0.05, 0.1) is 0 Å². The lowest BCUT2D eigenvalue weighted by Gasteiger charge is -2.29. The molecule has 0 rings (SSSR count). The van der Waals surface area contributed by atoms with Crippen LogP contribution in [0.5, 0.6) is 0 Å². The molecule has 19 heavy (non-hydrogen) atoms. The minimum Gasteiger partial charge on any atom is -0.327 e. The number of carbonyl (C=O) groups excluding carboxylic acids is 3. The van der Waals surface area contributed by atoms with Gasteiger partial charge in [-0.25, -0.2) is 14.5 Å². The Morgan fingerprint density at radius 1 is 0.895 bits per heavy atom. The van der Waals surface area contributed by atoms with Gasteiger partial charge in [0.2, 0.25) is 6.41 Å². The highest BCUT2D eigenvalue weighted by molar-refractivity contribution is 5.97. The Hall–Kier alpha value is -1.59. The second kappa shape index (κ2) is 9.35. The van der Waals surface area contributed by atoms with Gasteiger partial charge in [-0.15, -0.1) is 0 Å². The lowest BCUT2D eigenvalue weighted by Crippen LogP contribution is -2.50. The molecule has 0 N–H and O–H groups in total. The number of rotatable bonds is 7. The van der Waals surface area contributed by atoms with Crippen molar-refractivity contribution in [3.8, 4) is 0 Å². The fourth-order valence-electron chi connectivity index (χ4n) is 1.72. The molecule has 0 aliphatic rings. The molecule has 0 atom stereocenters. The van der Waals surface area contributed by atoms with Gasteiger partial charge in [0.1, 0.15) is 0 Å². The summed E-state index contributed by atoms with van der Waals surface area (Å²) in [4.78, 5) is 39.0. The van der Waals surface area contributed by atoms with E-state index >= 15 is 0 Å². The topological polar surface area (TPSA) is 60.9 Å². The molecule has 0 spiro atoms. The third-order valence-corrected chi connectivity index (χ3v) is 2.63. The van der Waals surface area contributed by atoms with Crippen LogP contribution in [0.1, 0.15) is 40.0 Å². The molecule has 0 bridgehead atoms. The van der Waals surface area contributed by atoms with E-state index in [-0.39, 0.29) is 6.03 Å². The summed E-state index contributed by atoms with van der Waals surface area (Å²) in [6.45, 7) is 6.95. The molecule has 0 aliphatic carbocycles. The van der Waals surface area contributed by atoms with E-state index in [9.17, 15) is 14.4 Å². The summed E-state index contributed by atoms with van der Waals surface area (Å²) in [5.74, 6) is 0. The fraction of sp³-hybridized carbons (Fsp3) is 0.769. The summed E-state index contributed by atoms with van der Waals surface area (Å²) in [5.41, 5.74) is 0. The van der Waals surface area contributed by atoms with Crippen LogP contribution in [0.4, 0.5) is 9.59 Å². The predicted octanol–water partition coefficient (Wildman–Crippen LogP) is 2.15. The van der Waals surface area contributed by atoms with Crippen molar-refractivity contribution in [2.75, 3.05) is 26.7 Å². The van der Waals surface area contributed by atoms with E-state index in [1.54, 1.807) is 7.05 Å². The maximum Gasteiger partial charge on any atom is 0.334 e. The summed E-state index contributed by atoms with van der Waals surface area (Å²) in [6, 6.07) is -0.886. The molecule has 110 valence electrons. The highest BCUT2D eigenvalue weighted by atomic mass is 16.2. The number of carbonyl (C=O) groups is 3. The van der Waals surface area contributed by atoms with Crippen LogP contribution in [-0.4, -0.2) is 59.9 Å². The van der Waals surface area contributed by atoms with Gasteiger partial charge in [-0.3, -0.25) is 9.69 Å². The van der Waals surface area contributed by atoms with Crippen LogP contribution in [0.15, 0.2) is 0 Å². The maximum atomic E-state index is 12.2. The third kappa shape index (κ3) is 5.28. The minimum atomic E-state index is -0.536. The monoisotopic (exact) mass is 271 g/mol. The second-order valence-electron chi connectivity index (χ2n) is 4.44. The van der Waals surface area contributed by atoms with E-state index in [0.717, 1.165) is 16.2 Å². The van der Waals surface area contributed by atoms with Crippen LogP contribution >= 0.6 is 0 Å². The first-order chi connectivity index (χ1) is 9.03. The standard InChI is InChI=1S/C13H25N3O3/c1-5-8-14(4)12(18)16(10-7-3)13(19)15(11-17)9-6-2/h11H,5-10H2,1-4H3. The van der Waals surface area contributed by atoms with Crippen molar-refractivity contribution >= 4 is 18.5 Å². The minimum absolute atomic E-state index is 0.319. The quantitative estimate of drug-likeness (QED) is 0.667. The SMILES string of the molecule is CCCN(C)C(=O)N(CCC)C(=O)N(C=O)CCC. The van der Waals surface area contributed by atoms with Crippen molar-refractivity contribution in [2.45, 2.75) is 40.0 Å². The summed E-state index contributed by atoms with van der Waals surface area (Å²) in [7, 11) is 1.66. The Morgan fingerprint density at radius 3 is 1.84 bits per heavy atom. The molecule has 0 radical (unpaired) electrons. The zero-order chi connectivity index (χ0) is 14.8. The normalized spacial score (nSPS) is 9.89. The molecule has 0 fully saturated rings. The average molecular weight is 271 g/mol. The van der Waals surface area contributed by atoms with Crippen molar-refractivity contribution in [2.24, 2.45) is 0 Å². The first kappa shape index (κ1) is 17.4. The largest absolute Gasteiger partial charge is 0.334 e. The van der Waals surface area contributed by atoms with Gasteiger partial charge in [-0.05, 0) is 19.3 Å². The molecule has 0 heterocycles.